The fourth-order valence-corrected chi connectivity index (χ4v) is 8.43. The molecule has 2 aromatic rings. The molecule has 1 saturated heterocycles. The average Bonchev–Trinajstić information content (AvgIpc) is 2.94. The Morgan fingerprint density at radius 3 is 2.30 bits per heavy atom. The molecule has 43 heavy (non-hydrogen) atoms. The highest BCUT2D eigenvalue weighted by Crippen LogP contribution is 2.39. The van der Waals surface area contributed by atoms with E-state index in [1.165, 1.54) is 35.7 Å². The second-order valence-corrected chi connectivity index (χ2v) is 19.0. The maximum absolute atomic E-state index is 13.5. The number of methoxy groups -OCH3 is 1. The summed E-state index contributed by atoms with van der Waals surface area (Å²) in [4.78, 5) is 6.73. The van der Waals surface area contributed by atoms with Crippen LogP contribution in [0, 0.1) is 0 Å². The number of rotatable bonds is 8. The summed E-state index contributed by atoms with van der Waals surface area (Å²) < 4.78 is 73.3. The lowest BCUT2D eigenvalue weighted by Crippen LogP contribution is -2.50. The zero-order valence-electron chi connectivity index (χ0n) is 25.4. The summed E-state index contributed by atoms with van der Waals surface area (Å²) in [5.41, 5.74) is 8.75. The summed E-state index contributed by atoms with van der Waals surface area (Å²) in [6, 6.07) is 9.02. The topological polar surface area (TPSA) is 176 Å². The Morgan fingerprint density at radius 1 is 1.07 bits per heavy atom. The zero-order valence-corrected chi connectivity index (χ0v) is 28.0. The van der Waals surface area contributed by atoms with Crippen LogP contribution in [0.1, 0.15) is 26.3 Å². The predicted octanol–water partition coefficient (Wildman–Crippen LogP) is 1.62. The highest BCUT2D eigenvalue weighted by atomic mass is 32.2. The Bertz CT molecular complexity index is 1730. The van der Waals surface area contributed by atoms with E-state index in [1.807, 2.05) is 7.05 Å². The number of anilines is 1. The fourth-order valence-electron chi connectivity index (χ4n) is 4.71. The second-order valence-electron chi connectivity index (χ2n) is 11.4. The van der Waals surface area contributed by atoms with Crippen molar-refractivity contribution in [2.45, 2.75) is 41.5 Å². The number of sulfone groups is 1. The highest BCUT2D eigenvalue weighted by Gasteiger charge is 2.40. The van der Waals surface area contributed by atoms with Gasteiger partial charge in [0.2, 0.25) is 16.0 Å². The summed E-state index contributed by atoms with van der Waals surface area (Å²) in [6.45, 7) is 9.94. The Hall–Kier alpha value is -2.81. The van der Waals surface area contributed by atoms with Gasteiger partial charge in [-0.2, -0.15) is 9.41 Å². The average molecular weight is 654 g/mol. The minimum Gasteiger partial charge on any atom is -0.495 e. The number of nitrogens with one attached hydrogen (secondary N) is 2. The molecule has 4 rings (SSSR count). The van der Waals surface area contributed by atoms with E-state index in [0.29, 0.717) is 42.9 Å². The van der Waals surface area contributed by atoms with Crippen molar-refractivity contribution < 1.29 is 26.1 Å². The molecule has 0 aliphatic carbocycles. The quantitative estimate of drug-likeness (QED) is 0.355. The van der Waals surface area contributed by atoms with Crippen LogP contribution in [0.25, 0.3) is 0 Å². The standard InChI is InChI=1S/C27H40N7O6PS2/c1-18(2)42(36,37)25-16-20(41(6,7)35)8-10-22(25)27(28)19(3)31-32-26(30-27)29-23-11-9-21(17-24(23)40-5)43(38,39)34-14-12-33(4)13-15-34/h8-11,16-18H,12-15,28H2,1-7H3,(H2,29,30,32). The molecule has 1 atom stereocenters. The molecule has 0 radical (unpaired) electrons. The van der Waals surface area contributed by atoms with Gasteiger partial charge >= 0.3 is 0 Å². The molecule has 1 unspecified atom stereocenters. The molecule has 2 aliphatic heterocycles. The van der Waals surface area contributed by atoms with Crippen LogP contribution in [0.4, 0.5) is 5.69 Å². The molecule has 236 valence electrons. The van der Waals surface area contributed by atoms with Crippen molar-refractivity contribution in [3.8, 4) is 5.75 Å². The number of likely N-dealkylation sites (N-methyl/N-ethyl adjacent to an activating group) is 1. The monoisotopic (exact) mass is 653 g/mol. The SMILES string of the molecule is COc1cc(S(=O)(=O)N2CCN(C)CC2)ccc1NC1=NC(N)(c2ccc(P(C)(C)=O)cc2S(=O)(=O)C(C)C)C(C)=NN1. The van der Waals surface area contributed by atoms with Gasteiger partial charge in [-0.15, -0.1) is 0 Å². The van der Waals surface area contributed by atoms with Gasteiger partial charge in [0.15, 0.2) is 15.5 Å². The van der Waals surface area contributed by atoms with Crippen molar-refractivity contribution in [2.24, 2.45) is 15.8 Å². The molecule has 2 aliphatic rings. The summed E-state index contributed by atoms with van der Waals surface area (Å²) in [6.07, 6.45) is 0. The van der Waals surface area contributed by atoms with Gasteiger partial charge in [-0.05, 0) is 59.3 Å². The van der Waals surface area contributed by atoms with Gasteiger partial charge < -0.3 is 19.5 Å². The second kappa shape index (κ2) is 11.9. The number of piperazine rings is 1. The third-order valence-corrected chi connectivity index (χ3v) is 13.2. The molecular formula is C27H40N7O6PS2. The number of ether oxygens (including phenoxy) is 1. The minimum atomic E-state index is -3.87. The number of sulfonamides is 1. The van der Waals surface area contributed by atoms with Gasteiger partial charge in [-0.25, -0.2) is 27.3 Å². The zero-order chi connectivity index (χ0) is 32.0. The van der Waals surface area contributed by atoms with Crippen LogP contribution in [0.15, 0.2) is 56.3 Å². The van der Waals surface area contributed by atoms with Gasteiger partial charge in [-0.1, -0.05) is 12.1 Å². The van der Waals surface area contributed by atoms with Crippen molar-refractivity contribution in [3.63, 3.8) is 0 Å². The highest BCUT2D eigenvalue weighted by molar-refractivity contribution is 7.92. The third kappa shape index (κ3) is 6.52. The lowest BCUT2D eigenvalue weighted by Gasteiger charge is -2.32. The van der Waals surface area contributed by atoms with E-state index in [9.17, 15) is 21.4 Å². The lowest BCUT2D eigenvalue weighted by molar-refractivity contribution is 0.222. The summed E-state index contributed by atoms with van der Waals surface area (Å²) >= 11 is 0. The van der Waals surface area contributed by atoms with Crippen molar-refractivity contribution in [1.29, 1.82) is 0 Å². The van der Waals surface area contributed by atoms with Crippen molar-refractivity contribution in [1.82, 2.24) is 14.6 Å². The number of guanidine groups is 1. The largest absolute Gasteiger partial charge is 0.495 e. The molecule has 0 spiro atoms. The smallest absolute Gasteiger partial charge is 0.243 e. The fraction of sp³-hybridized carbons (Fsp3) is 0.481. The van der Waals surface area contributed by atoms with Gasteiger partial charge in [0.05, 0.1) is 33.5 Å². The first-order chi connectivity index (χ1) is 19.9. The van der Waals surface area contributed by atoms with Gasteiger partial charge in [0.25, 0.3) is 0 Å². The number of hydrogen-bond donors (Lipinski definition) is 3. The van der Waals surface area contributed by atoms with Crippen LogP contribution in [0.5, 0.6) is 5.75 Å². The number of hydrazone groups is 1. The lowest BCUT2D eigenvalue weighted by atomic mass is 9.96. The van der Waals surface area contributed by atoms with E-state index in [-0.39, 0.29) is 27.1 Å². The van der Waals surface area contributed by atoms with Crippen molar-refractivity contribution in [2.75, 3.05) is 59.0 Å². The number of nitrogens with two attached hydrogens (primary N) is 1. The van der Waals surface area contributed by atoms with E-state index >= 15 is 0 Å². The summed E-state index contributed by atoms with van der Waals surface area (Å²) in [7, 11) is -7.03. The number of aliphatic imine (C=N–C) groups is 1. The maximum Gasteiger partial charge on any atom is 0.243 e. The first-order valence-corrected chi connectivity index (χ1v) is 19.3. The third-order valence-electron chi connectivity index (χ3n) is 7.62. The van der Waals surface area contributed by atoms with Crippen LogP contribution in [0.3, 0.4) is 0 Å². The minimum absolute atomic E-state index is 0.0676. The Labute approximate surface area is 253 Å². The molecule has 0 aromatic heterocycles. The van der Waals surface area contributed by atoms with Gasteiger partial charge in [-0.3, -0.25) is 5.73 Å². The van der Waals surface area contributed by atoms with E-state index < -0.39 is 37.9 Å². The molecule has 13 nitrogen and oxygen atoms in total. The first kappa shape index (κ1) is 33.1. The molecule has 0 bridgehead atoms. The van der Waals surface area contributed by atoms with Crippen LogP contribution < -0.4 is 26.5 Å². The van der Waals surface area contributed by atoms with E-state index in [0.717, 1.165) is 0 Å². The maximum atomic E-state index is 13.5. The molecular weight excluding hydrogens is 613 g/mol. The number of hydrogen-bond acceptors (Lipinski definition) is 12. The Kier molecular flexibility index (Phi) is 9.19. The predicted molar refractivity (Wildman–Crippen MR) is 170 cm³/mol. The molecule has 1 fully saturated rings. The van der Waals surface area contributed by atoms with Gasteiger partial charge in [0, 0.05) is 43.1 Å². The number of benzene rings is 2. The van der Waals surface area contributed by atoms with Crippen molar-refractivity contribution in [3.05, 3.63) is 42.0 Å². The summed E-state index contributed by atoms with van der Waals surface area (Å²) in [5.74, 6) is 0.317. The van der Waals surface area contributed by atoms with Gasteiger partial charge in [0.1, 0.15) is 12.9 Å². The molecule has 0 saturated carbocycles. The first-order valence-electron chi connectivity index (χ1n) is 13.7. The van der Waals surface area contributed by atoms with Crippen LogP contribution in [-0.2, 0) is 30.1 Å². The van der Waals surface area contributed by atoms with Crippen LogP contribution in [0.2, 0.25) is 0 Å². The normalized spacial score (nSPS) is 20.8. The van der Waals surface area contributed by atoms with Crippen LogP contribution >= 0.6 is 7.14 Å². The van der Waals surface area contributed by atoms with E-state index in [1.54, 1.807) is 46.2 Å². The molecule has 2 aromatic carbocycles. The molecule has 2 heterocycles. The Balaban J connectivity index is 1.73. The molecule has 4 N–H and O–H groups in total. The summed E-state index contributed by atoms with van der Waals surface area (Å²) in [5, 5.41) is 6.98. The van der Waals surface area contributed by atoms with E-state index in [4.69, 9.17) is 10.5 Å². The number of nitrogens with zero attached hydrogens (tertiary/aromatic N) is 4. The van der Waals surface area contributed by atoms with Crippen molar-refractivity contribution >= 4 is 49.7 Å². The van der Waals surface area contributed by atoms with Crippen LogP contribution in [-0.4, -0.2) is 96.6 Å². The van der Waals surface area contributed by atoms with E-state index in [2.05, 4.69) is 25.7 Å². The molecule has 16 heteroatoms. The molecule has 0 amide bonds. The Morgan fingerprint density at radius 2 is 1.72 bits per heavy atom.